The van der Waals surface area contributed by atoms with Gasteiger partial charge < -0.3 is 0 Å². The topological polar surface area (TPSA) is 0 Å². The molecule has 0 spiro atoms. The van der Waals surface area contributed by atoms with E-state index in [9.17, 15) is 0 Å². The lowest BCUT2D eigenvalue weighted by molar-refractivity contribution is 0.956. The molecule has 0 heteroatoms. The van der Waals surface area contributed by atoms with Gasteiger partial charge >= 0.3 is 0 Å². The van der Waals surface area contributed by atoms with Crippen molar-refractivity contribution in [3.8, 4) is 0 Å². The molecule has 0 N–H and O–H groups in total. The standard InChI is InChI=1S/C16H26/c1-6-9-15(4)12-8-13-16(5)11-7-10-14(2)3/h7,9-11,13H,6,8,12H2,1-5H3/b11-7+,15-9+,16-13+. The molecule has 0 aromatic heterocycles. The molecule has 0 aliphatic rings. The molecule has 0 bridgehead atoms. The van der Waals surface area contributed by atoms with Gasteiger partial charge in [0.1, 0.15) is 0 Å². The van der Waals surface area contributed by atoms with Crippen LogP contribution in [-0.4, -0.2) is 0 Å². The first kappa shape index (κ1) is 15.0. The van der Waals surface area contributed by atoms with Gasteiger partial charge in [-0.3, -0.25) is 0 Å². The Balaban J connectivity index is 4.01. The highest BCUT2D eigenvalue weighted by atomic mass is 13.9. The van der Waals surface area contributed by atoms with Crippen molar-refractivity contribution in [1.29, 1.82) is 0 Å². The van der Waals surface area contributed by atoms with Gasteiger partial charge in [-0.15, -0.1) is 0 Å². The maximum Gasteiger partial charge on any atom is -0.0288 e. The summed E-state index contributed by atoms with van der Waals surface area (Å²) in [5.41, 5.74) is 4.19. The van der Waals surface area contributed by atoms with E-state index in [2.05, 4.69) is 65.0 Å². The van der Waals surface area contributed by atoms with Gasteiger partial charge in [0.15, 0.2) is 0 Å². The summed E-state index contributed by atoms with van der Waals surface area (Å²) in [7, 11) is 0. The van der Waals surface area contributed by atoms with Crippen molar-refractivity contribution in [2.45, 2.75) is 53.9 Å². The summed E-state index contributed by atoms with van der Waals surface area (Å²) >= 11 is 0. The maximum absolute atomic E-state index is 2.31. The van der Waals surface area contributed by atoms with E-state index in [-0.39, 0.29) is 0 Å². The average Bonchev–Trinajstić information content (AvgIpc) is 2.17. The van der Waals surface area contributed by atoms with Crippen LogP contribution in [0.5, 0.6) is 0 Å². The third-order valence-corrected chi connectivity index (χ3v) is 2.35. The van der Waals surface area contributed by atoms with E-state index < -0.39 is 0 Å². The quantitative estimate of drug-likeness (QED) is 0.402. The Kier molecular flexibility index (Phi) is 8.61. The van der Waals surface area contributed by atoms with E-state index in [1.807, 2.05) is 0 Å². The van der Waals surface area contributed by atoms with Crippen LogP contribution in [0.1, 0.15) is 53.9 Å². The smallest absolute Gasteiger partial charge is 0.0288 e. The van der Waals surface area contributed by atoms with Crippen LogP contribution in [0.4, 0.5) is 0 Å². The van der Waals surface area contributed by atoms with Gasteiger partial charge in [0.25, 0.3) is 0 Å². The molecule has 0 unspecified atom stereocenters. The minimum Gasteiger partial charge on any atom is -0.0859 e. The van der Waals surface area contributed by atoms with Crippen LogP contribution in [0.3, 0.4) is 0 Å². The molecular weight excluding hydrogens is 192 g/mol. The van der Waals surface area contributed by atoms with Crippen molar-refractivity contribution in [2.75, 3.05) is 0 Å². The van der Waals surface area contributed by atoms with Crippen LogP contribution in [0.25, 0.3) is 0 Å². The summed E-state index contributed by atoms with van der Waals surface area (Å²) in [4.78, 5) is 0. The van der Waals surface area contributed by atoms with Gasteiger partial charge in [-0.05, 0) is 47.0 Å². The molecule has 0 aliphatic carbocycles. The minimum absolute atomic E-state index is 1.15. The molecule has 0 aromatic rings. The molecule has 16 heavy (non-hydrogen) atoms. The molecule has 90 valence electrons. The van der Waals surface area contributed by atoms with Gasteiger partial charge in [-0.2, -0.15) is 0 Å². The second-order valence-corrected chi connectivity index (χ2v) is 4.55. The Morgan fingerprint density at radius 1 is 1.00 bits per heavy atom. The van der Waals surface area contributed by atoms with Crippen LogP contribution >= 0.6 is 0 Å². The van der Waals surface area contributed by atoms with Crippen molar-refractivity contribution in [3.63, 3.8) is 0 Å². The van der Waals surface area contributed by atoms with E-state index in [0.717, 1.165) is 12.8 Å². The first-order chi connectivity index (χ1) is 7.56. The zero-order valence-corrected chi connectivity index (χ0v) is 11.5. The highest BCUT2D eigenvalue weighted by Crippen LogP contribution is 2.08. The summed E-state index contributed by atoms with van der Waals surface area (Å²) in [6.07, 6.45) is 14.5. The summed E-state index contributed by atoms with van der Waals surface area (Å²) in [6, 6.07) is 0. The van der Waals surface area contributed by atoms with Crippen LogP contribution in [0.15, 0.2) is 47.1 Å². The lowest BCUT2D eigenvalue weighted by Crippen LogP contribution is -1.77. The second kappa shape index (κ2) is 9.21. The Bertz CT molecular complexity index is 294. The molecular formula is C16H26. The zero-order valence-electron chi connectivity index (χ0n) is 11.5. The Labute approximate surface area is 101 Å². The highest BCUT2D eigenvalue weighted by Gasteiger charge is 1.87. The Hall–Kier alpha value is -1.04. The molecule has 0 rings (SSSR count). The third kappa shape index (κ3) is 9.51. The molecule has 0 saturated heterocycles. The lowest BCUT2D eigenvalue weighted by Gasteiger charge is -1.97. The largest absolute Gasteiger partial charge is 0.0859 e. The molecule has 0 aromatic carbocycles. The predicted molar refractivity (Wildman–Crippen MR) is 75.6 cm³/mol. The normalized spacial score (nSPS) is 13.3. The first-order valence-electron chi connectivity index (χ1n) is 6.20. The number of hydrogen-bond acceptors (Lipinski definition) is 0. The van der Waals surface area contributed by atoms with E-state index >= 15 is 0 Å². The molecule has 0 atom stereocenters. The SMILES string of the molecule is CC/C=C(\C)CC/C=C(C)/C=C/C=C(C)C. The van der Waals surface area contributed by atoms with Crippen molar-refractivity contribution in [3.05, 3.63) is 47.1 Å². The molecule has 0 heterocycles. The van der Waals surface area contributed by atoms with Gasteiger partial charge in [0.05, 0.1) is 0 Å². The maximum atomic E-state index is 2.31. The number of rotatable bonds is 6. The van der Waals surface area contributed by atoms with Crippen molar-refractivity contribution in [2.24, 2.45) is 0 Å². The van der Waals surface area contributed by atoms with Crippen LogP contribution in [-0.2, 0) is 0 Å². The van der Waals surface area contributed by atoms with Gasteiger partial charge in [-0.25, -0.2) is 0 Å². The minimum atomic E-state index is 1.15. The fourth-order valence-corrected chi connectivity index (χ4v) is 1.44. The summed E-state index contributed by atoms with van der Waals surface area (Å²) in [6.45, 7) is 10.8. The van der Waals surface area contributed by atoms with Crippen LogP contribution < -0.4 is 0 Å². The lowest BCUT2D eigenvalue weighted by atomic mass is 10.1. The van der Waals surface area contributed by atoms with Gasteiger partial charge in [0.2, 0.25) is 0 Å². The molecule has 0 aliphatic heterocycles. The highest BCUT2D eigenvalue weighted by molar-refractivity contribution is 5.21. The van der Waals surface area contributed by atoms with Crippen molar-refractivity contribution < 1.29 is 0 Å². The molecule has 0 radical (unpaired) electrons. The second-order valence-electron chi connectivity index (χ2n) is 4.55. The molecule has 0 saturated carbocycles. The fraction of sp³-hybridized carbons (Fsp3) is 0.500. The molecule has 0 nitrogen and oxygen atoms in total. The Morgan fingerprint density at radius 3 is 2.25 bits per heavy atom. The fourth-order valence-electron chi connectivity index (χ4n) is 1.44. The predicted octanol–water partition coefficient (Wildman–Crippen LogP) is 5.59. The summed E-state index contributed by atoms with van der Waals surface area (Å²) < 4.78 is 0. The monoisotopic (exact) mass is 218 g/mol. The van der Waals surface area contributed by atoms with Crippen LogP contribution in [0, 0.1) is 0 Å². The average molecular weight is 218 g/mol. The van der Waals surface area contributed by atoms with E-state index in [1.165, 1.54) is 23.1 Å². The molecule has 0 amide bonds. The van der Waals surface area contributed by atoms with Gasteiger partial charge in [-0.1, -0.05) is 54.0 Å². The van der Waals surface area contributed by atoms with Gasteiger partial charge in [0, 0.05) is 0 Å². The van der Waals surface area contributed by atoms with Crippen molar-refractivity contribution >= 4 is 0 Å². The first-order valence-corrected chi connectivity index (χ1v) is 6.20. The van der Waals surface area contributed by atoms with E-state index in [1.54, 1.807) is 0 Å². The van der Waals surface area contributed by atoms with Crippen LogP contribution in [0.2, 0.25) is 0 Å². The van der Waals surface area contributed by atoms with E-state index in [0.29, 0.717) is 0 Å². The zero-order chi connectivity index (χ0) is 12.4. The van der Waals surface area contributed by atoms with Crippen molar-refractivity contribution in [1.82, 2.24) is 0 Å². The third-order valence-electron chi connectivity index (χ3n) is 2.35. The summed E-state index contributed by atoms with van der Waals surface area (Å²) in [5.74, 6) is 0. The summed E-state index contributed by atoms with van der Waals surface area (Å²) in [5, 5.41) is 0. The van der Waals surface area contributed by atoms with E-state index in [4.69, 9.17) is 0 Å². The molecule has 0 fully saturated rings. The number of allylic oxidation sites excluding steroid dienone is 8. The number of hydrogen-bond donors (Lipinski definition) is 0. The Morgan fingerprint density at radius 2 is 1.69 bits per heavy atom.